The number of benzene rings is 1. The molecule has 2 aromatic heterocycles. The van der Waals surface area contributed by atoms with Gasteiger partial charge in [0.1, 0.15) is 17.8 Å². The average molecular weight is 431 g/mol. The van der Waals surface area contributed by atoms with Gasteiger partial charge in [0.15, 0.2) is 5.43 Å². The highest BCUT2D eigenvalue weighted by molar-refractivity contribution is 5.88. The summed E-state index contributed by atoms with van der Waals surface area (Å²) in [6, 6.07) is 13.6. The molecule has 3 aromatic rings. The first-order valence-electron chi connectivity index (χ1n) is 10.7. The van der Waals surface area contributed by atoms with Crippen LogP contribution in [0.2, 0.25) is 0 Å². The lowest BCUT2D eigenvalue weighted by Crippen LogP contribution is -2.21. The van der Waals surface area contributed by atoms with Gasteiger partial charge in [-0.05, 0) is 51.7 Å². The molecule has 2 heterocycles. The molecule has 1 aliphatic carbocycles. The predicted octanol–water partition coefficient (Wildman–Crippen LogP) is 4.69. The largest absolute Gasteiger partial charge is 0.476 e. The fraction of sp³-hybridized carbons (Fsp3) is 0.231. The summed E-state index contributed by atoms with van der Waals surface area (Å²) in [6.07, 6.45) is 11.0. The highest BCUT2D eigenvalue weighted by Crippen LogP contribution is 2.28. The highest BCUT2D eigenvalue weighted by atomic mass is 16.5. The molecule has 32 heavy (non-hydrogen) atoms. The molecule has 0 saturated carbocycles. The lowest BCUT2D eigenvalue weighted by molar-refractivity contribution is 0.256. The molecule has 0 spiro atoms. The molecule has 0 atom stereocenters. The standard InChI is InChI=1S/C26H28N4O2.H2/c1-19-17-22-25(26(27-19)32-16-15-29(2)3)23(31)18-24(28-20-11-7-4-5-8-12-20)30(22)21-13-9-6-10-14-21;/h4-7,9-14,17-18,28H,8,15-16H2,1-3H3;1H. The van der Waals surface area contributed by atoms with Gasteiger partial charge in [0.2, 0.25) is 5.88 Å². The summed E-state index contributed by atoms with van der Waals surface area (Å²) in [4.78, 5) is 19.9. The van der Waals surface area contributed by atoms with Crippen molar-refractivity contribution in [2.24, 2.45) is 0 Å². The van der Waals surface area contributed by atoms with Gasteiger partial charge in [0.25, 0.3) is 0 Å². The monoisotopic (exact) mass is 430 g/mol. The quantitative estimate of drug-likeness (QED) is 0.589. The molecule has 1 aliphatic rings. The molecule has 0 radical (unpaired) electrons. The van der Waals surface area contributed by atoms with Crippen molar-refractivity contribution in [3.8, 4) is 11.6 Å². The summed E-state index contributed by atoms with van der Waals surface area (Å²) in [5.74, 6) is 1.07. The fourth-order valence-corrected chi connectivity index (χ4v) is 3.62. The zero-order valence-electron chi connectivity index (χ0n) is 18.7. The Hall–Kier alpha value is -3.64. The third-order valence-electron chi connectivity index (χ3n) is 5.15. The van der Waals surface area contributed by atoms with Gasteiger partial charge in [0.05, 0.1) is 5.52 Å². The molecule has 6 nitrogen and oxygen atoms in total. The molecule has 1 N–H and O–H groups in total. The van der Waals surface area contributed by atoms with Crippen LogP contribution in [0.15, 0.2) is 83.3 Å². The van der Waals surface area contributed by atoms with Crippen LogP contribution in [-0.4, -0.2) is 41.7 Å². The Bertz CT molecular complexity index is 1260. The van der Waals surface area contributed by atoms with Crippen LogP contribution < -0.4 is 15.5 Å². The van der Waals surface area contributed by atoms with E-state index in [1.165, 1.54) is 0 Å². The van der Waals surface area contributed by atoms with Crippen molar-refractivity contribution in [1.29, 1.82) is 0 Å². The van der Waals surface area contributed by atoms with Gasteiger partial charge in [0, 0.05) is 31.1 Å². The van der Waals surface area contributed by atoms with Gasteiger partial charge in [-0.25, -0.2) is 4.98 Å². The number of nitrogens with zero attached hydrogens (tertiary/aromatic N) is 3. The normalized spacial score (nSPS) is 13.3. The number of aryl methyl sites for hydroxylation is 1. The van der Waals surface area contributed by atoms with Crippen LogP contribution >= 0.6 is 0 Å². The van der Waals surface area contributed by atoms with E-state index in [1.807, 2.05) is 80.5 Å². The second kappa shape index (κ2) is 9.66. The van der Waals surface area contributed by atoms with E-state index in [0.717, 1.165) is 35.6 Å². The molecule has 0 aliphatic heterocycles. The first kappa shape index (κ1) is 21.6. The summed E-state index contributed by atoms with van der Waals surface area (Å²) >= 11 is 0. The maximum atomic E-state index is 13.3. The predicted molar refractivity (Wildman–Crippen MR) is 133 cm³/mol. The van der Waals surface area contributed by atoms with Gasteiger partial charge in [-0.1, -0.05) is 42.5 Å². The number of pyridine rings is 2. The maximum absolute atomic E-state index is 13.3. The number of nitrogens with one attached hydrogen (secondary N) is 1. The molecule has 0 bridgehead atoms. The van der Waals surface area contributed by atoms with Crippen LogP contribution in [-0.2, 0) is 0 Å². The molecular formula is C26H30N4O2. The van der Waals surface area contributed by atoms with Crippen molar-refractivity contribution in [2.75, 3.05) is 32.6 Å². The summed E-state index contributed by atoms with van der Waals surface area (Å²) < 4.78 is 8.02. The van der Waals surface area contributed by atoms with Crippen molar-refractivity contribution in [3.05, 3.63) is 94.5 Å². The number of anilines is 1. The topological polar surface area (TPSA) is 59.4 Å². The van der Waals surface area contributed by atoms with Crippen LogP contribution in [0.1, 0.15) is 13.5 Å². The van der Waals surface area contributed by atoms with E-state index < -0.39 is 0 Å². The van der Waals surface area contributed by atoms with E-state index in [1.54, 1.807) is 6.07 Å². The third-order valence-corrected chi connectivity index (χ3v) is 5.15. The van der Waals surface area contributed by atoms with Crippen molar-refractivity contribution >= 4 is 16.7 Å². The number of ether oxygens (including phenoxy) is 1. The smallest absolute Gasteiger partial charge is 0.227 e. The Balaban J connectivity index is 0.00000306. The molecule has 0 fully saturated rings. The van der Waals surface area contributed by atoms with Crippen LogP contribution in [0.3, 0.4) is 0 Å². The van der Waals surface area contributed by atoms with E-state index in [0.29, 0.717) is 23.7 Å². The second-order valence-electron chi connectivity index (χ2n) is 7.99. The Morgan fingerprint density at radius 1 is 1.19 bits per heavy atom. The first-order valence-corrected chi connectivity index (χ1v) is 10.7. The number of aromatic nitrogens is 2. The van der Waals surface area contributed by atoms with E-state index in [-0.39, 0.29) is 6.86 Å². The van der Waals surface area contributed by atoms with Crippen molar-refractivity contribution in [3.63, 3.8) is 0 Å². The number of likely N-dealkylation sites (N-methyl/N-ethyl adjacent to an activating group) is 1. The Morgan fingerprint density at radius 3 is 2.78 bits per heavy atom. The van der Waals surface area contributed by atoms with Gasteiger partial charge in [-0.15, -0.1) is 0 Å². The van der Waals surface area contributed by atoms with Gasteiger partial charge in [-0.3, -0.25) is 9.36 Å². The van der Waals surface area contributed by atoms with E-state index in [4.69, 9.17) is 4.74 Å². The SMILES string of the molecule is Cc1cc2c(c(OCCN(C)C)n1)c(=O)cc(NC1=CCC=CC=C1)n2-c1ccccc1.[HH]. The van der Waals surface area contributed by atoms with Crippen molar-refractivity contribution in [2.45, 2.75) is 13.3 Å². The summed E-state index contributed by atoms with van der Waals surface area (Å²) in [6.45, 7) is 3.10. The summed E-state index contributed by atoms with van der Waals surface area (Å²) in [7, 11) is 3.97. The Kier molecular flexibility index (Phi) is 6.52. The van der Waals surface area contributed by atoms with Crippen LogP contribution in [0.4, 0.5) is 5.82 Å². The van der Waals surface area contributed by atoms with Crippen LogP contribution in [0.5, 0.6) is 5.88 Å². The van der Waals surface area contributed by atoms with Crippen molar-refractivity contribution < 1.29 is 6.16 Å². The number of hydrogen-bond acceptors (Lipinski definition) is 5. The number of fused-ring (bicyclic) bond motifs is 1. The highest BCUT2D eigenvalue weighted by Gasteiger charge is 2.17. The minimum Gasteiger partial charge on any atom is -0.476 e. The zero-order valence-corrected chi connectivity index (χ0v) is 18.7. The second-order valence-corrected chi connectivity index (χ2v) is 7.99. The Labute approximate surface area is 189 Å². The minimum absolute atomic E-state index is 0. The van der Waals surface area contributed by atoms with Crippen LogP contribution in [0.25, 0.3) is 16.6 Å². The first-order chi connectivity index (χ1) is 15.5. The Morgan fingerprint density at radius 2 is 2.00 bits per heavy atom. The molecular weight excluding hydrogens is 400 g/mol. The number of para-hydroxylation sites is 1. The maximum Gasteiger partial charge on any atom is 0.227 e. The number of allylic oxidation sites excluding steroid dienone is 5. The molecule has 4 rings (SSSR count). The van der Waals surface area contributed by atoms with Gasteiger partial charge >= 0.3 is 0 Å². The van der Waals surface area contributed by atoms with Crippen LogP contribution in [0, 0.1) is 6.92 Å². The summed E-state index contributed by atoms with van der Waals surface area (Å²) in [5, 5.41) is 3.93. The molecule has 1 aromatic carbocycles. The van der Waals surface area contributed by atoms with E-state index >= 15 is 0 Å². The molecule has 166 valence electrons. The molecule has 0 amide bonds. The van der Waals surface area contributed by atoms with Crippen molar-refractivity contribution in [1.82, 2.24) is 14.5 Å². The lowest BCUT2D eigenvalue weighted by Gasteiger charge is -2.20. The number of hydrogen-bond donors (Lipinski definition) is 1. The minimum atomic E-state index is -0.127. The third kappa shape index (κ3) is 4.81. The lowest BCUT2D eigenvalue weighted by atomic mass is 10.2. The zero-order chi connectivity index (χ0) is 22.5. The summed E-state index contributed by atoms with van der Waals surface area (Å²) in [5.41, 5.74) is 3.30. The van der Waals surface area contributed by atoms with E-state index in [2.05, 4.69) is 27.0 Å². The number of rotatable bonds is 7. The fourth-order valence-electron chi connectivity index (χ4n) is 3.62. The molecule has 6 heteroatoms. The van der Waals surface area contributed by atoms with Gasteiger partial charge < -0.3 is 15.0 Å². The molecule has 0 saturated heterocycles. The van der Waals surface area contributed by atoms with E-state index in [9.17, 15) is 4.79 Å². The van der Waals surface area contributed by atoms with Gasteiger partial charge in [-0.2, -0.15) is 0 Å². The molecule has 0 unspecified atom stereocenters. The average Bonchev–Trinajstić information content (AvgIpc) is 3.02.